The highest BCUT2D eigenvalue weighted by molar-refractivity contribution is 5.75. The van der Waals surface area contributed by atoms with E-state index in [0.29, 0.717) is 17.9 Å². The fourth-order valence-electron chi connectivity index (χ4n) is 2.32. The second-order valence-electron chi connectivity index (χ2n) is 5.32. The topological polar surface area (TPSA) is 76.0 Å². The number of nitrogens with zero attached hydrogens (tertiary/aromatic N) is 1. The molecule has 0 bridgehead atoms. The molecule has 1 aliphatic carbocycles. The van der Waals surface area contributed by atoms with Gasteiger partial charge in [0, 0.05) is 6.07 Å². The molecule has 0 radical (unpaired) electrons. The number of fused-ring (bicyclic) bond motifs is 1. The van der Waals surface area contributed by atoms with Crippen molar-refractivity contribution < 1.29 is 8.81 Å². The maximum Gasteiger partial charge on any atom is 0.337 e. The number of rotatable bonds is 4. The van der Waals surface area contributed by atoms with Crippen LogP contribution in [0.2, 0.25) is 0 Å². The number of halogens is 1. The molecular weight excluding hydrogens is 263 g/mol. The molecule has 1 N–H and O–H groups in total. The molecule has 6 heteroatoms. The van der Waals surface area contributed by atoms with E-state index in [-0.39, 0.29) is 16.9 Å². The van der Waals surface area contributed by atoms with Crippen molar-refractivity contribution in [3.8, 4) is 0 Å². The van der Waals surface area contributed by atoms with Crippen LogP contribution in [0, 0.1) is 5.92 Å². The van der Waals surface area contributed by atoms with Gasteiger partial charge in [-0.05, 0) is 31.2 Å². The molecule has 1 atom stereocenters. The van der Waals surface area contributed by atoms with Crippen LogP contribution in [0.3, 0.4) is 0 Å². The van der Waals surface area contributed by atoms with Crippen LogP contribution < -0.4 is 11.2 Å². The van der Waals surface area contributed by atoms with Gasteiger partial charge in [0.25, 0.3) is 5.56 Å². The van der Waals surface area contributed by atoms with Gasteiger partial charge in [-0.2, -0.15) is 4.98 Å². The largest absolute Gasteiger partial charge is 0.403 e. The molecule has 106 valence electrons. The van der Waals surface area contributed by atoms with Gasteiger partial charge in [-0.1, -0.05) is 12.8 Å². The average molecular weight is 278 g/mol. The quantitative estimate of drug-likeness (QED) is 0.930. The SMILES string of the molecule is CC(F)c1nc2oc(=O)cc(CCC3CC3)c2c(=O)[nH]1. The van der Waals surface area contributed by atoms with Gasteiger partial charge in [0.1, 0.15) is 11.2 Å². The summed E-state index contributed by atoms with van der Waals surface area (Å²) in [5.41, 5.74) is -0.454. The first-order valence-electron chi connectivity index (χ1n) is 6.75. The third kappa shape index (κ3) is 2.50. The van der Waals surface area contributed by atoms with Crippen molar-refractivity contribution in [2.75, 3.05) is 0 Å². The summed E-state index contributed by atoms with van der Waals surface area (Å²) in [6.07, 6.45) is 2.57. The summed E-state index contributed by atoms with van der Waals surface area (Å²) < 4.78 is 18.2. The number of aryl methyl sites for hydroxylation is 1. The number of alkyl halides is 1. The molecule has 0 aliphatic heterocycles. The van der Waals surface area contributed by atoms with Crippen LogP contribution in [-0.2, 0) is 6.42 Å². The third-order valence-corrected chi connectivity index (χ3v) is 3.61. The van der Waals surface area contributed by atoms with Crippen molar-refractivity contribution in [1.29, 1.82) is 0 Å². The van der Waals surface area contributed by atoms with Gasteiger partial charge in [0.05, 0.1) is 0 Å². The zero-order valence-electron chi connectivity index (χ0n) is 11.1. The molecule has 2 aromatic rings. The van der Waals surface area contributed by atoms with Crippen molar-refractivity contribution >= 4 is 11.1 Å². The highest BCUT2D eigenvalue weighted by Gasteiger charge is 2.22. The number of aromatic nitrogens is 2. The maximum absolute atomic E-state index is 13.3. The van der Waals surface area contributed by atoms with Crippen molar-refractivity contribution in [2.45, 2.75) is 38.8 Å². The van der Waals surface area contributed by atoms with Gasteiger partial charge in [-0.15, -0.1) is 0 Å². The van der Waals surface area contributed by atoms with E-state index in [9.17, 15) is 14.0 Å². The van der Waals surface area contributed by atoms with Gasteiger partial charge in [-0.25, -0.2) is 9.18 Å². The number of aromatic amines is 1. The van der Waals surface area contributed by atoms with E-state index < -0.39 is 17.4 Å². The molecule has 0 aromatic carbocycles. The fraction of sp³-hybridized carbons (Fsp3) is 0.500. The van der Waals surface area contributed by atoms with Crippen LogP contribution >= 0.6 is 0 Å². The van der Waals surface area contributed by atoms with E-state index in [1.807, 2.05) is 0 Å². The van der Waals surface area contributed by atoms with E-state index in [0.717, 1.165) is 6.42 Å². The molecule has 2 aromatic heterocycles. The van der Waals surface area contributed by atoms with Crippen LogP contribution in [0.4, 0.5) is 4.39 Å². The third-order valence-electron chi connectivity index (χ3n) is 3.61. The van der Waals surface area contributed by atoms with Crippen molar-refractivity contribution in [3.63, 3.8) is 0 Å². The molecule has 0 spiro atoms. The summed E-state index contributed by atoms with van der Waals surface area (Å²) in [6.45, 7) is 1.26. The van der Waals surface area contributed by atoms with Crippen molar-refractivity contribution in [1.82, 2.24) is 9.97 Å². The smallest absolute Gasteiger partial charge is 0.337 e. The zero-order valence-corrected chi connectivity index (χ0v) is 11.1. The Morgan fingerprint density at radius 2 is 2.25 bits per heavy atom. The lowest BCUT2D eigenvalue weighted by molar-refractivity contribution is 0.355. The van der Waals surface area contributed by atoms with Gasteiger partial charge in [-0.3, -0.25) is 4.79 Å². The highest BCUT2D eigenvalue weighted by Crippen LogP contribution is 2.33. The van der Waals surface area contributed by atoms with Crippen LogP contribution in [0.1, 0.15) is 43.7 Å². The van der Waals surface area contributed by atoms with E-state index in [1.165, 1.54) is 25.8 Å². The van der Waals surface area contributed by atoms with Gasteiger partial charge >= 0.3 is 5.63 Å². The van der Waals surface area contributed by atoms with Gasteiger partial charge < -0.3 is 9.40 Å². The average Bonchev–Trinajstić information content (AvgIpc) is 3.18. The van der Waals surface area contributed by atoms with Crippen LogP contribution in [0.5, 0.6) is 0 Å². The highest BCUT2D eigenvalue weighted by atomic mass is 19.1. The molecule has 1 saturated carbocycles. The molecule has 1 unspecified atom stereocenters. The van der Waals surface area contributed by atoms with Crippen LogP contribution in [0.15, 0.2) is 20.1 Å². The lowest BCUT2D eigenvalue weighted by atomic mass is 10.1. The molecule has 1 aliphatic rings. The number of H-pyrrole nitrogens is 1. The Balaban J connectivity index is 2.13. The minimum absolute atomic E-state index is 0.0773. The monoisotopic (exact) mass is 278 g/mol. The first-order chi connectivity index (χ1) is 9.54. The Morgan fingerprint density at radius 1 is 1.50 bits per heavy atom. The second kappa shape index (κ2) is 4.85. The minimum atomic E-state index is -1.42. The number of hydrogen-bond acceptors (Lipinski definition) is 4. The van der Waals surface area contributed by atoms with E-state index >= 15 is 0 Å². The molecular formula is C14H15FN2O3. The summed E-state index contributed by atoms with van der Waals surface area (Å²) in [5.74, 6) is 0.569. The van der Waals surface area contributed by atoms with E-state index in [1.54, 1.807) is 0 Å². The summed E-state index contributed by atoms with van der Waals surface area (Å²) in [7, 11) is 0. The van der Waals surface area contributed by atoms with E-state index in [4.69, 9.17) is 4.42 Å². The number of nitrogens with one attached hydrogen (secondary N) is 1. The van der Waals surface area contributed by atoms with Gasteiger partial charge in [0.15, 0.2) is 6.17 Å². The Bertz CT molecular complexity index is 759. The predicted octanol–water partition coefficient (Wildman–Crippen LogP) is 2.25. The zero-order chi connectivity index (χ0) is 14.3. The normalized spacial score (nSPS) is 16.5. The molecule has 0 saturated heterocycles. The molecule has 5 nitrogen and oxygen atoms in total. The Kier molecular flexibility index (Phi) is 3.16. The van der Waals surface area contributed by atoms with Crippen molar-refractivity contribution in [3.05, 3.63) is 38.2 Å². The Morgan fingerprint density at radius 3 is 2.90 bits per heavy atom. The molecule has 1 fully saturated rings. The standard InChI is InChI=1S/C14H15FN2O3/c1-7(15)12-16-13(19)11-9(5-4-8-2-3-8)6-10(18)20-14(11)17-12/h6-8H,2-5H2,1H3,(H,16,17,19). The molecule has 20 heavy (non-hydrogen) atoms. The first-order valence-corrected chi connectivity index (χ1v) is 6.75. The molecule has 0 amide bonds. The summed E-state index contributed by atoms with van der Waals surface area (Å²) in [4.78, 5) is 29.9. The minimum Gasteiger partial charge on any atom is -0.403 e. The second-order valence-corrected chi connectivity index (χ2v) is 5.32. The first kappa shape index (κ1) is 13.0. The summed E-state index contributed by atoms with van der Waals surface area (Å²) in [6, 6.07) is 1.33. The molecule has 2 heterocycles. The Labute approximate surface area is 113 Å². The summed E-state index contributed by atoms with van der Waals surface area (Å²) in [5, 5.41) is 0.259. The lowest BCUT2D eigenvalue weighted by Crippen LogP contribution is -2.16. The predicted molar refractivity (Wildman–Crippen MR) is 71.5 cm³/mol. The fourth-order valence-corrected chi connectivity index (χ4v) is 2.32. The maximum atomic E-state index is 13.3. The Hall–Kier alpha value is -1.98. The number of hydrogen-bond donors (Lipinski definition) is 1. The van der Waals surface area contributed by atoms with Crippen LogP contribution in [-0.4, -0.2) is 9.97 Å². The lowest BCUT2D eigenvalue weighted by Gasteiger charge is -2.06. The van der Waals surface area contributed by atoms with Crippen LogP contribution in [0.25, 0.3) is 11.1 Å². The van der Waals surface area contributed by atoms with Crippen molar-refractivity contribution in [2.24, 2.45) is 5.92 Å². The summed E-state index contributed by atoms with van der Waals surface area (Å²) >= 11 is 0. The van der Waals surface area contributed by atoms with E-state index in [2.05, 4.69) is 9.97 Å². The van der Waals surface area contributed by atoms with Gasteiger partial charge in [0.2, 0.25) is 5.71 Å². The molecule has 3 rings (SSSR count).